The minimum Gasteiger partial charge on any atom is -0.404 e. The van der Waals surface area contributed by atoms with Crippen molar-refractivity contribution in [2.24, 2.45) is 0 Å². The largest absolute Gasteiger partial charge is 0.573 e. The monoisotopic (exact) mass is 545 g/mol. The van der Waals surface area contributed by atoms with Gasteiger partial charge in [0, 0.05) is 36.8 Å². The van der Waals surface area contributed by atoms with E-state index in [1.807, 2.05) is 18.9 Å². The van der Waals surface area contributed by atoms with Crippen LogP contribution < -0.4 is 15.4 Å². The normalized spacial score (nSPS) is 16.5. The standard InChI is InChI=1S/C27H27F4N5O3/c1-17-15-36(12-11-35(17)2)16-25(37)34-23-13-18(7-10-24(23)39-27(29,30)31)26(38)33-19-8-9-22(32-14-19)20-5-3-4-6-21(20)28/h3-10,13-14,17H,11-12,15-16H2,1-2H3,(H,33,38)(H,34,37). The van der Waals surface area contributed by atoms with E-state index in [2.05, 4.69) is 25.3 Å². The molecule has 39 heavy (non-hydrogen) atoms. The topological polar surface area (TPSA) is 86.8 Å². The first-order valence-corrected chi connectivity index (χ1v) is 12.1. The predicted octanol–water partition coefficient (Wildman–Crippen LogP) is 4.61. The Hall–Kier alpha value is -4.03. The number of amides is 2. The maximum absolute atomic E-state index is 14.0. The lowest BCUT2D eigenvalue weighted by atomic mass is 10.1. The number of anilines is 2. The quantitative estimate of drug-likeness (QED) is 0.422. The Morgan fingerprint density at radius 1 is 1.08 bits per heavy atom. The zero-order valence-electron chi connectivity index (χ0n) is 21.3. The van der Waals surface area contributed by atoms with E-state index < -0.39 is 29.7 Å². The molecule has 1 aliphatic rings. The molecule has 0 aliphatic carbocycles. The third-order valence-electron chi connectivity index (χ3n) is 6.32. The molecule has 2 aromatic carbocycles. The van der Waals surface area contributed by atoms with Crippen LogP contribution in [0.1, 0.15) is 17.3 Å². The number of carbonyl (C=O) groups is 2. The number of rotatable bonds is 7. The Morgan fingerprint density at radius 2 is 1.85 bits per heavy atom. The first-order chi connectivity index (χ1) is 18.5. The molecule has 4 rings (SSSR count). The van der Waals surface area contributed by atoms with Crippen molar-refractivity contribution in [3.63, 3.8) is 0 Å². The summed E-state index contributed by atoms with van der Waals surface area (Å²) in [7, 11) is 1.98. The summed E-state index contributed by atoms with van der Waals surface area (Å²) in [6, 6.07) is 12.6. The number of alkyl halides is 3. The van der Waals surface area contributed by atoms with E-state index in [-0.39, 0.29) is 29.5 Å². The van der Waals surface area contributed by atoms with E-state index >= 15 is 0 Å². The SMILES string of the molecule is CC1CN(CC(=O)Nc2cc(C(=O)Nc3ccc(-c4ccccc4F)nc3)ccc2OC(F)(F)F)CCN1C. The van der Waals surface area contributed by atoms with Gasteiger partial charge in [-0.1, -0.05) is 12.1 Å². The van der Waals surface area contributed by atoms with Gasteiger partial charge in [0.15, 0.2) is 5.75 Å². The van der Waals surface area contributed by atoms with Crippen molar-refractivity contribution in [3.05, 3.63) is 72.2 Å². The molecule has 0 radical (unpaired) electrons. The molecule has 2 amide bonds. The average Bonchev–Trinajstić information content (AvgIpc) is 2.87. The first-order valence-electron chi connectivity index (χ1n) is 12.1. The van der Waals surface area contributed by atoms with E-state index in [9.17, 15) is 27.2 Å². The first kappa shape index (κ1) is 28.0. The van der Waals surface area contributed by atoms with Crippen LogP contribution in [0.3, 0.4) is 0 Å². The Bertz CT molecular complexity index is 1330. The van der Waals surface area contributed by atoms with Crippen LogP contribution in [-0.4, -0.2) is 72.2 Å². The molecular formula is C27H27F4N5O3. The van der Waals surface area contributed by atoms with Crippen LogP contribution in [-0.2, 0) is 4.79 Å². The molecule has 1 saturated heterocycles. The van der Waals surface area contributed by atoms with Gasteiger partial charge in [-0.15, -0.1) is 13.2 Å². The third-order valence-corrected chi connectivity index (χ3v) is 6.32. The fourth-order valence-corrected chi connectivity index (χ4v) is 4.14. The summed E-state index contributed by atoms with van der Waals surface area (Å²) in [5.74, 6) is -2.28. The number of hydrogen-bond acceptors (Lipinski definition) is 6. The van der Waals surface area contributed by atoms with Crippen molar-refractivity contribution < 1.29 is 31.9 Å². The van der Waals surface area contributed by atoms with Gasteiger partial charge in [0.05, 0.1) is 29.8 Å². The maximum Gasteiger partial charge on any atom is 0.573 e. The number of nitrogens with zero attached hydrogens (tertiary/aromatic N) is 3. The van der Waals surface area contributed by atoms with Gasteiger partial charge in [0.2, 0.25) is 5.91 Å². The van der Waals surface area contributed by atoms with E-state index in [1.165, 1.54) is 24.4 Å². The van der Waals surface area contributed by atoms with Crippen molar-refractivity contribution in [1.29, 1.82) is 0 Å². The van der Waals surface area contributed by atoms with Gasteiger partial charge >= 0.3 is 6.36 Å². The number of benzene rings is 2. The Labute approximate surface area is 222 Å². The summed E-state index contributed by atoms with van der Waals surface area (Å²) in [5.41, 5.74) is 0.624. The van der Waals surface area contributed by atoms with E-state index in [1.54, 1.807) is 18.2 Å². The zero-order valence-corrected chi connectivity index (χ0v) is 21.3. The second-order valence-corrected chi connectivity index (χ2v) is 9.24. The van der Waals surface area contributed by atoms with E-state index in [0.717, 1.165) is 24.7 Å². The summed E-state index contributed by atoms with van der Waals surface area (Å²) in [6.07, 6.45) is -3.66. The lowest BCUT2D eigenvalue weighted by Gasteiger charge is -2.37. The molecule has 0 spiro atoms. The fourth-order valence-electron chi connectivity index (χ4n) is 4.14. The summed E-state index contributed by atoms with van der Waals surface area (Å²) in [5, 5.41) is 5.04. The highest BCUT2D eigenvalue weighted by Gasteiger charge is 2.33. The number of nitrogens with one attached hydrogen (secondary N) is 2. The minimum atomic E-state index is -5.00. The van der Waals surface area contributed by atoms with Gasteiger partial charge < -0.3 is 20.3 Å². The van der Waals surface area contributed by atoms with Crippen molar-refractivity contribution >= 4 is 23.2 Å². The summed E-state index contributed by atoms with van der Waals surface area (Å²) >= 11 is 0. The van der Waals surface area contributed by atoms with Gasteiger partial charge in [-0.3, -0.25) is 19.5 Å². The van der Waals surface area contributed by atoms with Gasteiger partial charge in [0.1, 0.15) is 5.82 Å². The number of likely N-dealkylation sites (N-methyl/N-ethyl adjacent to an activating group) is 1. The van der Waals surface area contributed by atoms with E-state index in [4.69, 9.17) is 0 Å². The molecule has 1 aliphatic heterocycles. The van der Waals surface area contributed by atoms with Crippen LogP contribution in [0.5, 0.6) is 5.75 Å². The Morgan fingerprint density at radius 3 is 2.51 bits per heavy atom. The van der Waals surface area contributed by atoms with Crippen molar-refractivity contribution in [2.45, 2.75) is 19.3 Å². The molecule has 1 unspecified atom stereocenters. The smallest absolute Gasteiger partial charge is 0.404 e. The third kappa shape index (κ3) is 7.52. The highest BCUT2D eigenvalue weighted by atomic mass is 19.4. The van der Waals surface area contributed by atoms with Crippen LogP contribution in [0.2, 0.25) is 0 Å². The Kier molecular flexibility index (Phi) is 8.46. The van der Waals surface area contributed by atoms with Gasteiger partial charge in [-0.05, 0) is 56.4 Å². The Balaban J connectivity index is 1.48. The number of piperazine rings is 1. The molecule has 2 N–H and O–H groups in total. The number of pyridine rings is 1. The number of halogens is 4. The van der Waals surface area contributed by atoms with Crippen molar-refractivity contribution in [3.8, 4) is 17.0 Å². The summed E-state index contributed by atoms with van der Waals surface area (Å²) in [4.78, 5) is 33.8. The van der Waals surface area contributed by atoms with E-state index in [0.29, 0.717) is 24.3 Å². The van der Waals surface area contributed by atoms with Crippen molar-refractivity contribution in [1.82, 2.24) is 14.8 Å². The molecule has 12 heteroatoms. The van der Waals surface area contributed by atoms with Crippen LogP contribution in [0.15, 0.2) is 60.8 Å². The molecule has 206 valence electrons. The number of aromatic nitrogens is 1. The van der Waals surface area contributed by atoms with Crippen molar-refractivity contribution in [2.75, 3.05) is 43.9 Å². The molecule has 0 bridgehead atoms. The number of carbonyl (C=O) groups excluding carboxylic acids is 2. The lowest BCUT2D eigenvalue weighted by Crippen LogP contribution is -2.51. The molecular weight excluding hydrogens is 518 g/mol. The molecule has 1 aromatic heterocycles. The minimum absolute atomic E-state index is 0.0220. The second-order valence-electron chi connectivity index (χ2n) is 9.24. The summed E-state index contributed by atoms with van der Waals surface area (Å²) in [6.45, 7) is 4.00. The second kappa shape index (κ2) is 11.8. The molecule has 1 atom stereocenters. The fraction of sp³-hybridized carbons (Fsp3) is 0.296. The maximum atomic E-state index is 14.0. The van der Waals surface area contributed by atoms with Crippen LogP contribution >= 0.6 is 0 Å². The van der Waals surface area contributed by atoms with Gasteiger partial charge in [0.25, 0.3) is 5.91 Å². The average molecular weight is 546 g/mol. The van der Waals surface area contributed by atoms with Gasteiger partial charge in [-0.25, -0.2) is 4.39 Å². The predicted molar refractivity (Wildman–Crippen MR) is 138 cm³/mol. The van der Waals surface area contributed by atoms with Gasteiger partial charge in [-0.2, -0.15) is 0 Å². The highest BCUT2D eigenvalue weighted by Crippen LogP contribution is 2.32. The zero-order chi connectivity index (χ0) is 28.2. The number of ether oxygens (including phenoxy) is 1. The molecule has 3 aromatic rings. The molecule has 0 saturated carbocycles. The van der Waals surface area contributed by atoms with Crippen LogP contribution in [0.25, 0.3) is 11.3 Å². The lowest BCUT2D eigenvalue weighted by molar-refractivity contribution is -0.274. The molecule has 8 nitrogen and oxygen atoms in total. The summed E-state index contributed by atoms with van der Waals surface area (Å²) < 4.78 is 57.0. The number of hydrogen-bond donors (Lipinski definition) is 2. The van der Waals surface area contributed by atoms with Crippen LogP contribution in [0, 0.1) is 5.82 Å². The molecule has 1 fully saturated rings. The highest BCUT2D eigenvalue weighted by molar-refractivity contribution is 6.06. The molecule has 2 heterocycles. The van der Waals surface area contributed by atoms with Crippen LogP contribution in [0.4, 0.5) is 28.9 Å².